The smallest absolute Gasteiger partial charge is 0.261 e. The van der Waals surface area contributed by atoms with Crippen LogP contribution in [0.1, 0.15) is 28.1 Å². The number of amides is 1. The molecule has 0 bridgehead atoms. The first-order chi connectivity index (χ1) is 15.5. The van der Waals surface area contributed by atoms with Crippen LogP contribution in [0.15, 0.2) is 60.4 Å². The summed E-state index contributed by atoms with van der Waals surface area (Å²) in [6.45, 7) is 6.39. The normalized spacial score (nSPS) is 11.5. The molecule has 1 amide bonds. The zero-order valence-corrected chi connectivity index (χ0v) is 18.4. The van der Waals surface area contributed by atoms with Gasteiger partial charge in [0.15, 0.2) is 0 Å². The van der Waals surface area contributed by atoms with Crippen LogP contribution in [-0.2, 0) is 11.2 Å². The van der Waals surface area contributed by atoms with Gasteiger partial charge in [-0.1, -0.05) is 24.3 Å². The summed E-state index contributed by atoms with van der Waals surface area (Å²) in [6.07, 6.45) is 6.12. The molecule has 3 aromatic heterocycles. The van der Waals surface area contributed by atoms with E-state index in [-0.39, 0.29) is 11.5 Å². The lowest BCUT2D eigenvalue weighted by molar-refractivity contribution is -0.117. The molecule has 0 atom stereocenters. The third-order valence-electron chi connectivity index (χ3n) is 5.61. The number of fused-ring (bicyclic) bond motifs is 1. The quantitative estimate of drug-likeness (QED) is 0.352. The van der Waals surface area contributed by atoms with Gasteiger partial charge in [-0.25, -0.2) is 4.98 Å². The summed E-state index contributed by atoms with van der Waals surface area (Å²) in [7, 11) is 0. The van der Waals surface area contributed by atoms with E-state index in [1.807, 2.05) is 80.2 Å². The van der Waals surface area contributed by atoms with Crippen LogP contribution in [0.3, 0.4) is 0 Å². The summed E-state index contributed by atoms with van der Waals surface area (Å²) < 4.78 is 2.02. The molecule has 160 valence electrons. The molecule has 1 aromatic carbocycles. The van der Waals surface area contributed by atoms with E-state index in [0.29, 0.717) is 13.0 Å². The summed E-state index contributed by atoms with van der Waals surface area (Å²) in [5, 5.41) is 13.6. The summed E-state index contributed by atoms with van der Waals surface area (Å²) in [6, 6.07) is 16.1. The molecule has 0 saturated carbocycles. The van der Waals surface area contributed by atoms with Crippen LogP contribution >= 0.6 is 0 Å². The predicted molar refractivity (Wildman–Crippen MR) is 126 cm³/mol. The number of aromatic nitrogens is 3. The molecule has 0 spiro atoms. The molecular weight excluding hydrogens is 398 g/mol. The Morgan fingerprint density at radius 3 is 2.78 bits per heavy atom. The van der Waals surface area contributed by atoms with Crippen LogP contribution < -0.4 is 5.32 Å². The molecule has 32 heavy (non-hydrogen) atoms. The minimum Gasteiger partial charge on any atom is -0.361 e. The summed E-state index contributed by atoms with van der Waals surface area (Å²) >= 11 is 0. The number of nitriles is 1. The van der Waals surface area contributed by atoms with Crippen LogP contribution in [-0.4, -0.2) is 27.0 Å². The minimum atomic E-state index is -0.370. The fourth-order valence-corrected chi connectivity index (χ4v) is 3.93. The number of pyridine rings is 1. The lowest BCUT2D eigenvalue weighted by atomic mass is 10.1. The number of aromatic amines is 1. The van der Waals surface area contributed by atoms with Crippen molar-refractivity contribution in [1.29, 1.82) is 5.26 Å². The van der Waals surface area contributed by atoms with E-state index < -0.39 is 0 Å². The summed E-state index contributed by atoms with van der Waals surface area (Å²) in [5.41, 5.74) is 6.13. The molecule has 4 aromatic rings. The van der Waals surface area contributed by atoms with Crippen LogP contribution in [0.5, 0.6) is 0 Å². The monoisotopic (exact) mass is 423 g/mol. The Labute approximate surface area is 187 Å². The van der Waals surface area contributed by atoms with E-state index in [1.54, 1.807) is 6.08 Å². The zero-order valence-electron chi connectivity index (χ0n) is 18.4. The second-order valence-corrected chi connectivity index (χ2v) is 7.89. The number of aryl methyl sites for hydroxylation is 2. The number of carbonyl (C=O) groups excluding carboxylic acids is 1. The van der Waals surface area contributed by atoms with Gasteiger partial charge in [0.2, 0.25) is 0 Å². The maximum Gasteiger partial charge on any atom is 0.261 e. The van der Waals surface area contributed by atoms with Crippen molar-refractivity contribution in [3.8, 4) is 11.9 Å². The van der Waals surface area contributed by atoms with Gasteiger partial charge >= 0.3 is 0 Å². The number of carbonyl (C=O) groups is 1. The number of rotatable bonds is 6. The molecule has 0 radical (unpaired) electrons. The number of H-pyrrole nitrogens is 1. The van der Waals surface area contributed by atoms with Crippen LogP contribution in [0, 0.1) is 32.1 Å². The van der Waals surface area contributed by atoms with Gasteiger partial charge in [-0.3, -0.25) is 4.79 Å². The Bertz CT molecular complexity index is 1350. The highest BCUT2D eigenvalue weighted by atomic mass is 16.1. The summed E-state index contributed by atoms with van der Waals surface area (Å²) in [5.74, 6) is 0.442. The summed E-state index contributed by atoms with van der Waals surface area (Å²) in [4.78, 5) is 20.4. The van der Waals surface area contributed by atoms with Gasteiger partial charge in [0, 0.05) is 41.2 Å². The average molecular weight is 424 g/mol. The minimum absolute atomic E-state index is 0.0843. The lowest BCUT2D eigenvalue weighted by Crippen LogP contribution is -2.26. The van der Waals surface area contributed by atoms with E-state index >= 15 is 0 Å². The Morgan fingerprint density at radius 2 is 2.03 bits per heavy atom. The lowest BCUT2D eigenvalue weighted by Gasteiger charge is -2.08. The van der Waals surface area contributed by atoms with Crippen molar-refractivity contribution in [2.24, 2.45) is 0 Å². The zero-order chi connectivity index (χ0) is 22.7. The van der Waals surface area contributed by atoms with Gasteiger partial charge in [0.25, 0.3) is 5.91 Å². The van der Waals surface area contributed by atoms with E-state index in [2.05, 4.69) is 21.4 Å². The Hall–Kier alpha value is -4.11. The number of benzene rings is 1. The highest BCUT2D eigenvalue weighted by molar-refractivity contribution is 6.01. The number of hydrogen-bond donors (Lipinski definition) is 2. The van der Waals surface area contributed by atoms with Crippen LogP contribution in [0.4, 0.5) is 0 Å². The largest absolute Gasteiger partial charge is 0.361 e. The van der Waals surface area contributed by atoms with Gasteiger partial charge in [-0.15, -0.1) is 0 Å². The maximum atomic E-state index is 12.7. The number of para-hydroxylation sites is 1. The molecule has 2 N–H and O–H groups in total. The first-order valence-corrected chi connectivity index (χ1v) is 10.5. The van der Waals surface area contributed by atoms with Gasteiger partial charge < -0.3 is 14.9 Å². The van der Waals surface area contributed by atoms with E-state index in [0.717, 1.165) is 44.8 Å². The van der Waals surface area contributed by atoms with E-state index in [9.17, 15) is 10.1 Å². The SMILES string of the molecule is Cc1ccc(-n2c(C)cc(/C=C(/C#N)C(=O)NCCc3c[nH]c4ccccc34)c2C)nc1. The van der Waals surface area contributed by atoms with Crippen LogP contribution in [0.25, 0.3) is 22.8 Å². The maximum absolute atomic E-state index is 12.7. The fraction of sp³-hybridized carbons (Fsp3) is 0.192. The highest BCUT2D eigenvalue weighted by Crippen LogP contribution is 2.22. The van der Waals surface area contributed by atoms with Gasteiger partial charge in [-0.2, -0.15) is 5.26 Å². The fourth-order valence-electron chi connectivity index (χ4n) is 3.93. The molecular formula is C26H25N5O. The second-order valence-electron chi connectivity index (χ2n) is 7.89. The Balaban J connectivity index is 1.49. The van der Waals surface area contributed by atoms with Crippen molar-refractivity contribution in [2.45, 2.75) is 27.2 Å². The van der Waals surface area contributed by atoms with Gasteiger partial charge in [-0.05, 0) is 68.2 Å². The van der Waals surface area contributed by atoms with E-state index in [1.165, 1.54) is 0 Å². The molecule has 4 rings (SSSR count). The highest BCUT2D eigenvalue weighted by Gasteiger charge is 2.14. The standard InChI is InChI=1S/C26H25N5O/c1-17-8-9-25(30-15-17)31-18(2)12-21(19(31)3)13-22(14-27)26(32)28-11-10-20-16-29-24-7-5-4-6-23(20)24/h4-9,12-13,15-16,29H,10-11H2,1-3H3,(H,28,32)/b22-13-. The van der Waals surface area contributed by atoms with Crippen molar-refractivity contribution < 1.29 is 4.79 Å². The molecule has 0 aliphatic rings. The van der Waals surface area contributed by atoms with Crippen molar-refractivity contribution in [3.63, 3.8) is 0 Å². The first-order valence-electron chi connectivity index (χ1n) is 10.5. The molecule has 0 saturated heterocycles. The number of hydrogen-bond acceptors (Lipinski definition) is 3. The molecule has 0 fully saturated rings. The molecule has 6 nitrogen and oxygen atoms in total. The number of nitrogens with zero attached hydrogens (tertiary/aromatic N) is 3. The third kappa shape index (κ3) is 4.19. The number of nitrogens with one attached hydrogen (secondary N) is 2. The van der Waals surface area contributed by atoms with Crippen molar-refractivity contribution >= 4 is 22.9 Å². The Morgan fingerprint density at radius 1 is 1.22 bits per heavy atom. The van der Waals surface area contributed by atoms with Crippen molar-refractivity contribution in [3.05, 3.63) is 88.5 Å². The van der Waals surface area contributed by atoms with Gasteiger partial charge in [0.05, 0.1) is 0 Å². The molecule has 3 heterocycles. The van der Waals surface area contributed by atoms with Gasteiger partial charge in [0.1, 0.15) is 17.5 Å². The first kappa shape index (κ1) is 21.1. The third-order valence-corrected chi connectivity index (χ3v) is 5.61. The molecule has 0 unspecified atom stereocenters. The predicted octanol–water partition coefficient (Wildman–Crippen LogP) is 4.54. The average Bonchev–Trinajstić information content (AvgIpc) is 3.33. The molecule has 0 aliphatic carbocycles. The molecule has 6 heteroatoms. The second kappa shape index (κ2) is 8.94. The van der Waals surface area contributed by atoms with Crippen molar-refractivity contribution in [2.75, 3.05) is 6.54 Å². The van der Waals surface area contributed by atoms with E-state index in [4.69, 9.17) is 0 Å². The molecule has 0 aliphatic heterocycles. The topological polar surface area (TPSA) is 86.5 Å². The Kier molecular flexibility index (Phi) is 5.91. The van der Waals surface area contributed by atoms with Crippen LogP contribution in [0.2, 0.25) is 0 Å². The van der Waals surface area contributed by atoms with Crippen molar-refractivity contribution in [1.82, 2.24) is 19.9 Å².